The monoisotopic (exact) mass is 405 g/mol. The first-order valence-corrected chi connectivity index (χ1v) is 10.5. The van der Waals surface area contributed by atoms with Crippen molar-refractivity contribution in [2.45, 2.75) is 13.0 Å². The second kappa shape index (κ2) is 8.01. The van der Waals surface area contributed by atoms with E-state index in [2.05, 4.69) is 44.4 Å². The fourth-order valence-electron chi connectivity index (χ4n) is 4.78. The molecule has 3 aliphatic heterocycles. The van der Waals surface area contributed by atoms with Crippen LogP contribution in [0.15, 0.2) is 54.7 Å². The highest BCUT2D eigenvalue weighted by Gasteiger charge is 2.36. The predicted octanol–water partition coefficient (Wildman–Crippen LogP) is 2.80. The molecule has 2 aromatic carbocycles. The van der Waals surface area contributed by atoms with E-state index >= 15 is 0 Å². The molecular formula is C23H27N5O2. The van der Waals surface area contributed by atoms with E-state index in [1.807, 2.05) is 6.20 Å². The number of rotatable bonds is 5. The number of nitrogens with zero attached hydrogens (tertiary/aromatic N) is 2. The Morgan fingerprint density at radius 3 is 2.70 bits per heavy atom. The van der Waals surface area contributed by atoms with Crippen LogP contribution in [0.5, 0.6) is 5.75 Å². The molecule has 156 valence electrons. The van der Waals surface area contributed by atoms with E-state index in [1.54, 1.807) is 30.3 Å². The third-order valence-corrected chi connectivity index (χ3v) is 6.38. The number of fused-ring (bicyclic) bond motifs is 2. The zero-order valence-corrected chi connectivity index (χ0v) is 16.8. The van der Waals surface area contributed by atoms with Gasteiger partial charge >= 0.3 is 0 Å². The average molecular weight is 406 g/mol. The van der Waals surface area contributed by atoms with Gasteiger partial charge in [0.25, 0.3) is 0 Å². The van der Waals surface area contributed by atoms with E-state index in [0.717, 1.165) is 50.0 Å². The molecule has 0 radical (unpaired) electrons. The standard InChI is InChI=1S/C23H27N5O2/c29-20-4-2-17(3-5-20)23(30)8-10-27-9-7-18-13-28(15-19(18)14-27)12-16-1-6-21-22(11-16)25-26-24-21/h1-6,8,10-11,18-19,24-26,29H,7,9,12-15H2/b10-8+/t18-,19-/m1/s1. The number of ketones is 1. The zero-order chi connectivity index (χ0) is 20.5. The lowest BCUT2D eigenvalue weighted by atomic mass is 9.89. The Kier molecular flexibility index (Phi) is 5.06. The number of phenols is 1. The summed E-state index contributed by atoms with van der Waals surface area (Å²) in [7, 11) is 0. The predicted molar refractivity (Wildman–Crippen MR) is 117 cm³/mol. The molecular weight excluding hydrogens is 378 g/mol. The Morgan fingerprint density at radius 2 is 1.83 bits per heavy atom. The Hall–Kier alpha value is -3.03. The molecule has 2 saturated heterocycles. The third-order valence-electron chi connectivity index (χ3n) is 6.38. The van der Waals surface area contributed by atoms with Gasteiger partial charge in [0.2, 0.25) is 0 Å². The van der Waals surface area contributed by atoms with Crippen LogP contribution in [-0.2, 0) is 6.54 Å². The van der Waals surface area contributed by atoms with Crippen LogP contribution in [0.1, 0.15) is 22.3 Å². The number of hydrogen-bond acceptors (Lipinski definition) is 7. The summed E-state index contributed by atoms with van der Waals surface area (Å²) in [6.07, 6.45) is 4.76. The molecule has 7 nitrogen and oxygen atoms in total. The van der Waals surface area contributed by atoms with E-state index in [9.17, 15) is 9.90 Å². The largest absolute Gasteiger partial charge is 0.508 e. The zero-order valence-electron chi connectivity index (χ0n) is 16.8. The maximum Gasteiger partial charge on any atom is 0.187 e. The highest BCUT2D eigenvalue weighted by Crippen LogP contribution is 2.33. The molecule has 2 fully saturated rings. The fourth-order valence-corrected chi connectivity index (χ4v) is 4.78. The summed E-state index contributed by atoms with van der Waals surface area (Å²) in [6, 6.07) is 12.9. The van der Waals surface area contributed by atoms with Gasteiger partial charge in [-0.1, -0.05) is 6.07 Å². The third kappa shape index (κ3) is 3.99. The fraction of sp³-hybridized carbons (Fsp3) is 0.348. The lowest BCUT2D eigenvalue weighted by molar-refractivity contribution is 0.104. The minimum Gasteiger partial charge on any atom is -0.508 e. The van der Waals surface area contributed by atoms with E-state index in [0.29, 0.717) is 11.5 Å². The number of piperidine rings is 1. The second-order valence-corrected chi connectivity index (χ2v) is 8.48. The molecule has 5 rings (SSSR count). The summed E-state index contributed by atoms with van der Waals surface area (Å²) >= 11 is 0. The van der Waals surface area contributed by atoms with Crippen LogP contribution in [-0.4, -0.2) is 46.9 Å². The Labute approximate surface area is 176 Å². The van der Waals surface area contributed by atoms with Crippen molar-refractivity contribution in [1.29, 1.82) is 0 Å². The van der Waals surface area contributed by atoms with Crippen molar-refractivity contribution >= 4 is 17.2 Å². The number of carbonyl (C=O) groups is 1. The molecule has 0 aliphatic carbocycles. The minimum atomic E-state index is -0.0284. The SMILES string of the molecule is O=C(/C=C/N1CC[C@@H]2CN(Cc3ccc4c(c3)NNN4)C[C@H]2C1)c1ccc(O)cc1. The average Bonchev–Trinajstić information content (AvgIpc) is 3.38. The van der Waals surface area contributed by atoms with Crippen LogP contribution >= 0.6 is 0 Å². The first-order valence-electron chi connectivity index (χ1n) is 10.5. The van der Waals surface area contributed by atoms with Gasteiger partial charge in [-0.2, -0.15) is 0 Å². The van der Waals surface area contributed by atoms with Gasteiger partial charge in [0.1, 0.15) is 5.75 Å². The number of benzene rings is 2. The molecule has 0 unspecified atom stereocenters. The van der Waals surface area contributed by atoms with Crippen LogP contribution in [0.4, 0.5) is 11.4 Å². The van der Waals surface area contributed by atoms with E-state index in [1.165, 1.54) is 12.0 Å². The van der Waals surface area contributed by atoms with Crippen molar-refractivity contribution < 1.29 is 9.90 Å². The van der Waals surface area contributed by atoms with Gasteiger partial charge in [0, 0.05) is 50.6 Å². The van der Waals surface area contributed by atoms with E-state index < -0.39 is 0 Å². The number of carbonyl (C=O) groups excluding carboxylic acids is 1. The number of aromatic hydroxyl groups is 1. The highest BCUT2D eigenvalue weighted by molar-refractivity contribution is 6.04. The van der Waals surface area contributed by atoms with Crippen molar-refractivity contribution in [2.24, 2.45) is 11.8 Å². The van der Waals surface area contributed by atoms with Crippen molar-refractivity contribution in [3.63, 3.8) is 0 Å². The Bertz CT molecular complexity index is 959. The minimum absolute atomic E-state index is 0.0284. The molecule has 3 aliphatic rings. The molecule has 0 amide bonds. The molecule has 2 aromatic rings. The van der Waals surface area contributed by atoms with Crippen LogP contribution < -0.4 is 16.4 Å². The van der Waals surface area contributed by atoms with Crippen molar-refractivity contribution in [3.8, 4) is 5.75 Å². The molecule has 0 spiro atoms. The van der Waals surface area contributed by atoms with Crippen LogP contribution in [0.2, 0.25) is 0 Å². The molecule has 4 N–H and O–H groups in total. The number of hydrogen-bond donors (Lipinski definition) is 4. The van der Waals surface area contributed by atoms with Crippen LogP contribution in [0.25, 0.3) is 0 Å². The Morgan fingerprint density at radius 1 is 1.03 bits per heavy atom. The lowest BCUT2D eigenvalue weighted by Gasteiger charge is -2.33. The molecule has 0 bridgehead atoms. The molecule has 7 heteroatoms. The van der Waals surface area contributed by atoms with Gasteiger partial charge in [-0.05, 0) is 60.2 Å². The molecule has 0 saturated carbocycles. The topological polar surface area (TPSA) is 79.9 Å². The summed E-state index contributed by atoms with van der Waals surface area (Å²) in [5.41, 5.74) is 13.2. The number of likely N-dealkylation sites (tertiary alicyclic amines) is 2. The molecule has 3 heterocycles. The first-order chi connectivity index (χ1) is 14.6. The van der Waals surface area contributed by atoms with Gasteiger partial charge in [0.15, 0.2) is 5.78 Å². The quantitative estimate of drug-likeness (QED) is 0.450. The summed E-state index contributed by atoms with van der Waals surface area (Å²) < 4.78 is 0. The number of anilines is 2. The Balaban J connectivity index is 1.16. The van der Waals surface area contributed by atoms with Gasteiger partial charge in [-0.15, -0.1) is 5.53 Å². The molecule has 2 atom stereocenters. The van der Waals surface area contributed by atoms with Gasteiger partial charge in [-0.3, -0.25) is 9.69 Å². The van der Waals surface area contributed by atoms with Gasteiger partial charge in [0.05, 0.1) is 11.4 Å². The van der Waals surface area contributed by atoms with Gasteiger partial charge in [-0.25, -0.2) is 0 Å². The number of phenolic OH excluding ortho intramolecular Hbond substituents is 1. The number of allylic oxidation sites excluding steroid dienone is 1. The second-order valence-electron chi connectivity index (χ2n) is 8.48. The van der Waals surface area contributed by atoms with Crippen molar-refractivity contribution in [2.75, 3.05) is 37.0 Å². The maximum atomic E-state index is 12.3. The highest BCUT2D eigenvalue weighted by atomic mass is 16.3. The summed E-state index contributed by atoms with van der Waals surface area (Å²) in [5, 5.41) is 9.36. The van der Waals surface area contributed by atoms with Crippen LogP contribution in [0.3, 0.4) is 0 Å². The number of nitrogens with one attached hydrogen (secondary N) is 3. The molecule has 0 aromatic heterocycles. The lowest BCUT2D eigenvalue weighted by Crippen LogP contribution is -2.36. The summed E-state index contributed by atoms with van der Waals surface area (Å²) in [5.74, 6) is 1.52. The summed E-state index contributed by atoms with van der Waals surface area (Å²) in [6.45, 7) is 5.21. The smallest absolute Gasteiger partial charge is 0.187 e. The van der Waals surface area contributed by atoms with Crippen molar-refractivity contribution in [3.05, 3.63) is 65.9 Å². The van der Waals surface area contributed by atoms with E-state index in [4.69, 9.17) is 0 Å². The van der Waals surface area contributed by atoms with Gasteiger partial charge < -0.3 is 20.9 Å². The van der Waals surface area contributed by atoms with Crippen molar-refractivity contribution in [1.82, 2.24) is 15.3 Å². The molecule has 30 heavy (non-hydrogen) atoms. The summed E-state index contributed by atoms with van der Waals surface area (Å²) in [4.78, 5) is 17.2. The van der Waals surface area contributed by atoms with E-state index in [-0.39, 0.29) is 11.5 Å². The number of hydrazine groups is 2. The maximum absolute atomic E-state index is 12.3. The van der Waals surface area contributed by atoms with Crippen LogP contribution in [0, 0.1) is 11.8 Å². The first kappa shape index (κ1) is 19.0. The normalized spacial score (nSPS) is 23.1.